The minimum atomic E-state index is -3.43. The number of aromatic nitrogens is 1. The van der Waals surface area contributed by atoms with Gasteiger partial charge >= 0.3 is 0 Å². The normalized spacial score (nSPS) is 11.6. The Hall–Kier alpha value is -0.490. The highest BCUT2D eigenvalue weighted by Crippen LogP contribution is 2.18. The van der Waals surface area contributed by atoms with Crippen molar-refractivity contribution in [2.45, 2.75) is 11.7 Å². The predicted octanol–water partition coefficient (Wildman–Crippen LogP) is 1.72. The van der Waals surface area contributed by atoms with Gasteiger partial charge in [0, 0.05) is 22.5 Å². The van der Waals surface area contributed by atoms with Gasteiger partial charge in [-0.05, 0) is 22.0 Å². The zero-order valence-electron chi connectivity index (χ0n) is 6.79. The summed E-state index contributed by atoms with van der Waals surface area (Å²) in [6, 6.07) is 1.41. The summed E-state index contributed by atoms with van der Waals surface area (Å²) in [7, 11) is -3.43. The van der Waals surface area contributed by atoms with E-state index in [0.29, 0.717) is 4.47 Å². The van der Waals surface area contributed by atoms with Crippen LogP contribution in [-0.4, -0.2) is 19.7 Å². The molecule has 1 aromatic rings. The number of hydrogen-bond donors (Lipinski definition) is 0. The Morgan fingerprint density at radius 3 is 2.69 bits per heavy atom. The summed E-state index contributed by atoms with van der Waals surface area (Å²) in [5.41, 5.74) is 0.0804. The third kappa shape index (κ3) is 2.47. The Balaban J connectivity index is 3.39. The van der Waals surface area contributed by atoms with Crippen LogP contribution >= 0.6 is 15.9 Å². The molecule has 0 aromatic carbocycles. The standard InChI is InChI=1S/C7H7BrFNO2S/c1-13(11,12)7-5(3-9)2-6(8)4-10-7/h2,4H,3H2,1H3. The molecule has 0 aliphatic heterocycles. The van der Waals surface area contributed by atoms with Crippen LogP contribution in [0.3, 0.4) is 0 Å². The van der Waals surface area contributed by atoms with Crippen LogP contribution in [0.5, 0.6) is 0 Å². The topological polar surface area (TPSA) is 47.0 Å². The zero-order chi connectivity index (χ0) is 10.1. The molecule has 0 atom stereocenters. The van der Waals surface area contributed by atoms with Gasteiger partial charge in [0.25, 0.3) is 0 Å². The molecule has 0 radical (unpaired) electrons. The second-order valence-electron chi connectivity index (χ2n) is 2.52. The van der Waals surface area contributed by atoms with E-state index >= 15 is 0 Å². The van der Waals surface area contributed by atoms with Crippen molar-refractivity contribution in [1.29, 1.82) is 0 Å². The molecule has 1 rings (SSSR count). The van der Waals surface area contributed by atoms with Crippen LogP contribution in [0.15, 0.2) is 21.8 Å². The van der Waals surface area contributed by atoms with Gasteiger partial charge in [0.05, 0.1) is 0 Å². The van der Waals surface area contributed by atoms with Crippen LogP contribution in [-0.2, 0) is 16.5 Å². The maximum Gasteiger partial charge on any atom is 0.193 e. The molecule has 0 spiro atoms. The molecule has 0 aliphatic carbocycles. The van der Waals surface area contributed by atoms with Gasteiger partial charge in [0.2, 0.25) is 0 Å². The highest BCUT2D eigenvalue weighted by atomic mass is 79.9. The van der Waals surface area contributed by atoms with Crippen molar-refractivity contribution in [1.82, 2.24) is 4.98 Å². The highest BCUT2D eigenvalue weighted by molar-refractivity contribution is 9.10. The zero-order valence-corrected chi connectivity index (χ0v) is 9.19. The van der Waals surface area contributed by atoms with E-state index in [1.54, 1.807) is 0 Å². The molecule has 72 valence electrons. The molecule has 0 N–H and O–H groups in total. The number of nitrogens with zero attached hydrogens (tertiary/aromatic N) is 1. The lowest BCUT2D eigenvalue weighted by Crippen LogP contribution is -2.04. The van der Waals surface area contributed by atoms with Gasteiger partial charge in [-0.25, -0.2) is 17.8 Å². The van der Waals surface area contributed by atoms with Crippen LogP contribution < -0.4 is 0 Å². The largest absolute Gasteiger partial charge is 0.246 e. The Labute approximate surface area is 84.0 Å². The second kappa shape index (κ2) is 3.71. The predicted molar refractivity (Wildman–Crippen MR) is 49.9 cm³/mol. The summed E-state index contributed by atoms with van der Waals surface area (Å²) in [5, 5.41) is -0.196. The molecule has 1 heterocycles. The van der Waals surface area contributed by atoms with E-state index in [9.17, 15) is 12.8 Å². The maximum atomic E-state index is 12.4. The lowest BCUT2D eigenvalue weighted by Gasteiger charge is -2.02. The first-order valence-corrected chi connectivity index (χ1v) is 6.04. The molecule has 0 saturated carbocycles. The highest BCUT2D eigenvalue weighted by Gasteiger charge is 2.14. The van der Waals surface area contributed by atoms with Crippen LogP contribution in [0.4, 0.5) is 4.39 Å². The van der Waals surface area contributed by atoms with Gasteiger partial charge in [-0.3, -0.25) is 0 Å². The van der Waals surface area contributed by atoms with Gasteiger partial charge in [-0.1, -0.05) is 0 Å². The lowest BCUT2D eigenvalue weighted by atomic mass is 10.3. The minimum Gasteiger partial charge on any atom is -0.246 e. The summed E-state index contributed by atoms with van der Waals surface area (Å²) >= 11 is 3.08. The average molecular weight is 268 g/mol. The number of alkyl halides is 1. The quantitative estimate of drug-likeness (QED) is 0.820. The molecule has 0 fully saturated rings. The summed E-state index contributed by atoms with van der Waals surface area (Å²) < 4.78 is 35.1. The van der Waals surface area contributed by atoms with Crippen molar-refractivity contribution in [3.05, 3.63) is 22.3 Å². The Morgan fingerprint density at radius 2 is 2.23 bits per heavy atom. The first-order chi connectivity index (χ1) is 5.95. The molecule has 0 amide bonds. The van der Waals surface area contributed by atoms with Crippen LogP contribution in [0.2, 0.25) is 0 Å². The number of halogens is 2. The van der Waals surface area contributed by atoms with Gasteiger partial charge in [-0.2, -0.15) is 0 Å². The average Bonchev–Trinajstić information content (AvgIpc) is 2.01. The summed E-state index contributed by atoms with van der Waals surface area (Å²) in [4.78, 5) is 3.65. The van der Waals surface area contributed by atoms with Crippen molar-refractivity contribution in [2.75, 3.05) is 6.26 Å². The fraction of sp³-hybridized carbons (Fsp3) is 0.286. The maximum absolute atomic E-state index is 12.4. The third-order valence-electron chi connectivity index (χ3n) is 1.39. The first-order valence-electron chi connectivity index (χ1n) is 3.35. The SMILES string of the molecule is CS(=O)(=O)c1ncc(Br)cc1CF. The van der Waals surface area contributed by atoms with Crippen molar-refractivity contribution >= 4 is 25.8 Å². The Kier molecular flexibility index (Phi) is 3.02. The van der Waals surface area contributed by atoms with Gasteiger partial charge < -0.3 is 0 Å². The monoisotopic (exact) mass is 267 g/mol. The summed E-state index contributed by atoms with van der Waals surface area (Å²) in [6.45, 7) is -0.838. The molecule has 13 heavy (non-hydrogen) atoms. The van der Waals surface area contributed by atoms with Crippen LogP contribution in [0, 0.1) is 0 Å². The molecular formula is C7H7BrFNO2S. The van der Waals surface area contributed by atoms with Crippen molar-refractivity contribution in [2.24, 2.45) is 0 Å². The Bertz CT molecular complexity index is 419. The second-order valence-corrected chi connectivity index (χ2v) is 5.37. The van der Waals surface area contributed by atoms with E-state index in [4.69, 9.17) is 0 Å². The molecule has 1 aromatic heterocycles. The van der Waals surface area contributed by atoms with Crippen LogP contribution in [0.25, 0.3) is 0 Å². The van der Waals surface area contributed by atoms with Crippen molar-refractivity contribution < 1.29 is 12.8 Å². The molecule has 3 nitrogen and oxygen atoms in total. The molecule has 0 saturated heterocycles. The van der Waals surface area contributed by atoms with Crippen molar-refractivity contribution in [3.63, 3.8) is 0 Å². The first kappa shape index (κ1) is 10.6. The van der Waals surface area contributed by atoms with E-state index in [2.05, 4.69) is 20.9 Å². The lowest BCUT2D eigenvalue weighted by molar-refractivity contribution is 0.474. The fourth-order valence-corrected chi connectivity index (χ4v) is 2.11. The van der Waals surface area contributed by atoms with E-state index in [1.807, 2.05) is 0 Å². The molecule has 0 unspecified atom stereocenters. The number of rotatable bonds is 2. The minimum absolute atomic E-state index is 0.0804. The van der Waals surface area contributed by atoms with E-state index in [1.165, 1.54) is 12.3 Å². The Morgan fingerprint density at radius 1 is 1.62 bits per heavy atom. The van der Waals surface area contributed by atoms with E-state index in [-0.39, 0.29) is 10.6 Å². The molecule has 0 bridgehead atoms. The van der Waals surface area contributed by atoms with Gasteiger partial charge in [-0.15, -0.1) is 0 Å². The van der Waals surface area contributed by atoms with Gasteiger partial charge in [0.1, 0.15) is 6.67 Å². The number of sulfone groups is 1. The fourth-order valence-electron chi connectivity index (χ4n) is 0.898. The third-order valence-corrected chi connectivity index (χ3v) is 2.89. The summed E-state index contributed by atoms with van der Waals surface area (Å²) in [6.07, 6.45) is 2.33. The number of pyridine rings is 1. The van der Waals surface area contributed by atoms with E-state index in [0.717, 1.165) is 6.26 Å². The molecule has 6 heteroatoms. The van der Waals surface area contributed by atoms with Gasteiger partial charge in [0.15, 0.2) is 14.9 Å². The molecule has 0 aliphatic rings. The van der Waals surface area contributed by atoms with Crippen molar-refractivity contribution in [3.8, 4) is 0 Å². The number of hydrogen-bond acceptors (Lipinski definition) is 3. The summed E-state index contributed by atoms with van der Waals surface area (Å²) in [5.74, 6) is 0. The molecular weight excluding hydrogens is 261 g/mol. The smallest absolute Gasteiger partial charge is 0.193 e. The van der Waals surface area contributed by atoms with Crippen LogP contribution in [0.1, 0.15) is 5.56 Å². The van der Waals surface area contributed by atoms with E-state index < -0.39 is 16.5 Å².